The highest BCUT2D eigenvalue weighted by molar-refractivity contribution is 14.0. The van der Waals surface area contributed by atoms with Gasteiger partial charge < -0.3 is 25.2 Å². The van der Waals surface area contributed by atoms with E-state index in [1.807, 2.05) is 31.4 Å². The summed E-state index contributed by atoms with van der Waals surface area (Å²) in [5.74, 6) is 1.62. The lowest BCUT2D eigenvalue weighted by Gasteiger charge is -2.39. The number of hydrogen-bond donors (Lipinski definition) is 3. The third kappa shape index (κ3) is 6.59. The predicted molar refractivity (Wildman–Crippen MR) is 143 cm³/mol. The molecule has 3 N–H and O–H groups in total. The predicted octanol–water partition coefficient (Wildman–Crippen LogP) is 4.19. The number of aliphatic hydroxyl groups is 1. The van der Waals surface area contributed by atoms with E-state index in [2.05, 4.69) is 35.8 Å². The van der Waals surface area contributed by atoms with Gasteiger partial charge >= 0.3 is 0 Å². The molecule has 1 fully saturated rings. The quantitative estimate of drug-likeness (QED) is 0.251. The summed E-state index contributed by atoms with van der Waals surface area (Å²) in [5.41, 5.74) is 1.33. The van der Waals surface area contributed by atoms with Gasteiger partial charge in [-0.3, -0.25) is 0 Å². The zero-order valence-electron chi connectivity index (χ0n) is 19.4. The highest BCUT2D eigenvalue weighted by Crippen LogP contribution is 2.40. The fourth-order valence-electron chi connectivity index (χ4n) is 4.03. The normalized spacial score (nSPS) is 17.7. The summed E-state index contributed by atoms with van der Waals surface area (Å²) in [6.07, 6.45) is 1.82. The molecule has 1 aromatic carbocycles. The average Bonchev–Trinajstić information content (AvgIpc) is 3.32. The highest BCUT2D eigenvalue weighted by Gasteiger charge is 2.37. The molecule has 3 rings (SSSR count). The molecule has 1 aliphatic rings. The molecule has 6 nitrogen and oxygen atoms in total. The fraction of sp³-hybridized carbons (Fsp3) is 0.542. The zero-order valence-corrected chi connectivity index (χ0v) is 22.6. The highest BCUT2D eigenvalue weighted by atomic mass is 127. The Morgan fingerprint density at radius 2 is 2.03 bits per heavy atom. The summed E-state index contributed by atoms with van der Waals surface area (Å²) in [6.45, 7) is 9.15. The van der Waals surface area contributed by atoms with Crippen LogP contribution in [0.3, 0.4) is 0 Å². The first-order valence-corrected chi connectivity index (χ1v) is 11.8. The van der Waals surface area contributed by atoms with Crippen LogP contribution in [0.2, 0.25) is 0 Å². The Hall–Kier alpha value is -1.36. The second-order valence-electron chi connectivity index (χ2n) is 8.40. The molecule has 1 unspecified atom stereocenters. The fourth-order valence-corrected chi connectivity index (χ4v) is 4.81. The second kappa shape index (κ2) is 12.2. The van der Waals surface area contributed by atoms with Gasteiger partial charge in [0.15, 0.2) is 5.96 Å². The summed E-state index contributed by atoms with van der Waals surface area (Å²) in [4.78, 5) is 5.61. The molecule has 2 aromatic rings. The van der Waals surface area contributed by atoms with Gasteiger partial charge in [-0.25, -0.2) is 4.99 Å². The number of ether oxygens (including phenoxy) is 2. The number of aryl methyl sites for hydroxylation is 1. The molecule has 178 valence electrons. The zero-order chi connectivity index (χ0) is 22.3. The van der Waals surface area contributed by atoms with Crippen molar-refractivity contribution >= 4 is 41.3 Å². The topological polar surface area (TPSA) is 75.1 Å². The van der Waals surface area contributed by atoms with Crippen LogP contribution in [0.4, 0.5) is 0 Å². The van der Waals surface area contributed by atoms with Crippen LogP contribution in [0.1, 0.15) is 42.7 Å². The number of hydrogen-bond acceptors (Lipinski definition) is 5. The number of guanidine groups is 1. The number of halogens is 1. The molecule has 0 radical (unpaired) electrons. The van der Waals surface area contributed by atoms with Crippen molar-refractivity contribution < 1.29 is 14.6 Å². The van der Waals surface area contributed by atoms with Crippen molar-refractivity contribution in [3.05, 3.63) is 51.7 Å². The monoisotopic (exact) mass is 573 g/mol. The molecule has 32 heavy (non-hydrogen) atoms. The Kier molecular flexibility index (Phi) is 10.3. The summed E-state index contributed by atoms with van der Waals surface area (Å²) in [6, 6.07) is 10.3. The van der Waals surface area contributed by atoms with E-state index in [4.69, 9.17) is 14.5 Å². The van der Waals surface area contributed by atoms with E-state index in [1.165, 1.54) is 11.1 Å². The van der Waals surface area contributed by atoms with Crippen LogP contribution in [0.25, 0.3) is 0 Å². The standard InChI is InChI=1S/C24H35N3O3S.HI/c1-5-25-22(26-16-23(3,28)21-7-6-14-31-21)27-17-24(10-12-30-13-11-24)19-15-18(2)8-9-20(19)29-4;/h6-9,14-15,28H,5,10-13,16-17H2,1-4H3,(H2,25,26,27);1H. The second-order valence-corrected chi connectivity index (χ2v) is 9.34. The first kappa shape index (κ1) is 26.9. The van der Waals surface area contributed by atoms with Crippen LogP contribution in [0.5, 0.6) is 5.75 Å². The summed E-state index contributed by atoms with van der Waals surface area (Å²) >= 11 is 1.55. The lowest BCUT2D eigenvalue weighted by molar-refractivity contribution is 0.0504. The lowest BCUT2D eigenvalue weighted by Crippen LogP contribution is -2.48. The van der Waals surface area contributed by atoms with Crippen molar-refractivity contribution in [3.8, 4) is 5.75 Å². The Balaban J connectivity index is 0.00000363. The Bertz CT molecular complexity index is 865. The van der Waals surface area contributed by atoms with Crippen molar-refractivity contribution in [2.24, 2.45) is 4.99 Å². The van der Waals surface area contributed by atoms with Gasteiger partial charge in [0.05, 0.1) is 13.7 Å². The molecule has 0 spiro atoms. The van der Waals surface area contributed by atoms with Crippen molar-refractivity contribution in [3.63, 3.8) is 0 Å². The van der Waals surface area contributed by atoms with E-state index in [0.717, 1.165) is 43.2 Å². The minimum atomic E-state index is -0.993. The molecule has 0 bridgehead atoms. The summed E-state index contributed by atoms with van der Waals surface area (Å²) in [5, 5.41) is 19.7. The Morgan fingerprint density at radius 1 is 1.28 bits per heavy atom. The lowest BCUT2D eigenvalue weighted by atomic mass is 9.73. The molecule has 1 atom stereocenters. The first-order chi connectivity index (χ1) is 14.9. The maximum Gasteiger partial charge on any atom is 0.191 e. The van der Waals surface area contributed by atoms with Crippen molar-refractivity contribution in [2.75, 3.05) is 40.0 Å². The van der Waals surface area contributed by atoms with E-state index < -0.39 is 5.60 Å². The van der Waals surface area contributed by atoms with Gasteiger partial charge in [0.1, 0.15) is 11.4 Å². The van der Waals surface area contributed by atoms with Crippen molar-refractivity contribution in [1.29, 1.82) is 0 Å². The molecule has 0 saturated carbocycles. The number of thiophene rings is 1. The largest absolute Gasteiger partial charge is 0.496 e. The van der Waals surface area contributed by atoms with Gasteiger partial charge in [-0.1, -0.05) is 23.8 Å². The minimum absolute atomic E-state index is 0. The van der Waals surface area contributed by atoms with Gasteiger partial charge in [0.2, 0.25) is 0 Å². The van der Waals surface area contributed by atoms with E-state index in [0.29, 0.717) is 12.5 Å². The molecule has 1 saturated heterocycles. The van der Waals surface area contributed by atoms with E-state index in [9.17, 15) is 5.11 Å². The molecule has 0 amide bonds. The third-order valence-electron chi connectivity index (χ3n) is 5.91. The van der Waals surface area contributed by atoms with E-state index in [1.54, 1.807) is 18.4 Å². The van der Waals surface area contributed by atoms with Gasteiger partial charge in [-0.2, -0.15) is 0 Å². The molecule has 1 aliphatic heterocycles. The minimum Gasteiger partial charge on any atom is -0.496 e. The van der Waals surface area contributed by atoms with Gasteiger partial charge in [0, 0.05) is 42.2 Å². The summed E-state index contributed by atoms with van der Waals surface area (Å²) in [7, 11) is 1.73. The molecular formula is C24H36IN3O3S. The number of nitrogens with one attached hydrogen (secondary N) is 2. The van der Waals surface area contributed by atoms with E-state index >= 15 is 0 Å². The maximum atomic E-state index is 10.9. The van der Waals surface area contributed by atoms with Crippen LogP contribution in [0.15, 0.2) is 40.7 Å². The van der Waals surface area contributed by atoms with Crippen molar-refractivity contribution in [1.82, 2.24) is 10.6 Å². The third-order valence-corrected chi connectivity index (χ3v) is 7.03. The Labute approximate surface area is 212 Å². The van der Waals surface area contributed by atoms with Gasteiger partial charge in [-0.15, -0.1) is 35.3 Å². The molecule has 8 heteroatoms. The summed E-state index contributed by atoms with van der Waals surface area (Å²) < 4.78 is 11.4. The van der Waals surface area contributed by atoms with Crippen LogP contribution in [-0.4, -0.2) is 51.0 Å². The Morgan fingerprint density at radius 3 is 2.66 bits per heavy atom. The number of benzene rings is 1. The molecule has 1 aromatic heterocycles. The SMILES string of the molecule is CCNC(=NCC(C)(O)c1cccs1)NCC1(c2cc(C)ccc2OC)CCOCC1.I. The number of rotatable bonds is 8. The van der Waals surface area contributed by atoms with Gasteiger partial charge in [0.25, 0.3) is 0 Å². The van der Waals surface area contributed by atoms with Crippen LogP contribution < -0.4 is 15.4 Å². The number of nitrogens with zero attached hydrogens (tertiary/aromatic N) is 1. The first-order valence-electron chi connectivity index (χ1n) is 10.9. The van der Waals surface area contributed by atoms with E-state index in [-0.39, 0.29) is 35.9 Å². The van der Waals surface area contributed by atoms with Crippen LogP contribution >= 0.6 is 35.3 Å². The number of methoxy groups -OCH3 is 1. The smallest absolute Gasteiger partial charge is 0.191 e. The average molecular weight is 574 g/mol. The maximum absolute atomic E-state index is 10.9. The van der Waals surface area contributed by atoms with Gasteiger partial charge in [-0.05, 0) is 51.1 Å². The van der Waals surface area contributed by atoms with Crippen molar-refractivity contribution in [2.45, 2.75) is 44.6 Å². The molecule has 0 aliphatic carbocycles. The number of aliphatic imine (C=N–C) groups is 1. The molecular weight excluding hydrogens is 537 g/mol. The van der Waals surface area contributed by atoms with Crippen LogP contribution in [0, 0.1) is 6.92 Å². The molecule has 2 heterocycles. The van der Waals surface area contributed by atoms with Crippen LogP contribution in [-0.2, 0) is 15.8 Å².